The number of hydrogen-bond donors (Lipinski definition) is 0. The second kappa shape index (κ2) is 2.26. The molecule has 1 fully saturated rings. The minimum atomic E-state index is 0.120. The van der Waals surface area contributed by atoms with Crippen LogP contribution in [0.25, 0.3) is 0 Å². The quantitative estimate of drug-likeness (QED) is 0.506. The molecule has 1 radical (unpaired) electrons. The topological polar surface area (TPSA) is 0 Å². The number of rotatable bonds is 2. The standard InChI is InChI=1S/C7H12Cl/c1-2-4-7(8)5-3-6-7/h4H,2-3,5-6H2,1H3. The van der Waals surface area contributed by atoms with E-state index < -0.39 is 0 Å². The van der Waals surface area contributed by atoms with Gasteiger partial charge in [0.2, 0.25) is 0 Å². The van der Waals surface area contributed by atoms with Crippen molar-refractivity contribution in [1.82, 2.24) is 0 Å². The molecule has 0 nitrogen and oxygen atoms in total. The van der Waals surface area contributed by atoms with Gasteiger partial charge in [0.05, 0.1) is 0 Å². The highest BCUT2D eigenvalue weighted by molar-refractivity contribution is 6.25. The lowest BCUT2D eigenvalue weighted by Crippen LogP contribution is -2.30. The van der Waals surface area contributed by atoms with Crippen LogP contribution in [0.15, 0.2) is 0 Å². The minimum Gasteiger partial charge on any atom is -0.119 e. The summed E-state index contributed by atoms with van der Waals surface area (Å²) in [4.78, 5) is 0.120. The normalized spacial score (nSPS) is 24.8. The first kappa shape index (κ1) is 6.41. The van der Waals surface area contributed by atoms with Gasteiger partial charge in [0, 0.05) is 4.87 Å². The summed E-state index contributed by atoms with van der Waals surface area (Å²) in [6.45, 7) is 2.14. The molecule has 0 amide bonds. The van der Waals surface area contributed by atoms with Gasteiger partial charge in [-0.25, -0.2) is 0 Å². The van der Waals surface area contributed by atoms with Gasteiger partial charge in [0.1, 0.15) is 0 Å². The second-order valence-corrected chi connectivity index (χ2v) is 3.25. The zero-order valence-corrected chi connectivity index (χ0v) is 6.04. The maximum atomic E-state index is 6.05. The zero-order chi connectivity index (χ0) is 6.04. The summed E-state index contributed by atoms with van der Waals surface area (Å²) in [5.41, 5.74) is 0. The van der Waals surface area contributed by atoms with Crippen LogP contribution in [0, 0.1) is 6.42 Å². The molecule has 0 aliphatic heterocycles. The maximum absolute atomic E-state index is 6.05. The Morgan fingerprint density at radius 3 is 2.38 bits per heavy atom. The molecule has 47 valence electrons. The van der Waals surface area contributed by atoms with Crippen LogP contribution in [0.3, 0.4) is 0 Å². The van der Waals surface area contributed by atoms with Crippen molar-refractivity contribution < 1.29 is 0 Å². The van der Waals surface area contributed by atoms with Crippen molar-refractivity contribution >= 4 is 11.6 Å². The third-order valence-electron chi connectivity index (χ3n) is 1.75. The van der Waals surface area contributed by atoms with E-state index in [4.69, 9.17) is 11.6 Å². The van der Waals surface area contributed by atoms with Gasteiger partial charge in [-0.1, -0.05) is 13.3 Å². The van der Waals surface area contributed by atoms with E-state index in [1.165, 1.54) is 19.3 Å². The van der Waals surface area contributed by atoms with Crippen LogP contribution in [0.1, 0.15) is 32.6 Å². The first-order valence-electron chi connectivity index (χ1n) is 3.30. The average Bonchev–Trinajstić information content (AvgIpc) is 1.64. The third-order valence-corrected chi connectivity index (χ3v) is 2.29. The molecular formula is C7H12Cl. The van der Waals surface area contributed by atoms with E-state index in [0.29, 0.717) is 0 Å². The molecule has 0 saturated heterocycles. The molecule has 1 heteroatoms. The molecule has 8 heavy (non-hydrogen) atoms. The Bertz CT molecular complexity index is 74.5. The lowest BCUT2D eigenvalue weighted by Gasteiger charge is -2.35. The Labute approximate surface area is 56.2 Å². The molecule has 1 saturated carbocycles. The molecule has 0 spiro atoms. The van der Waals surface area contributed by atoms with Gasteiger partial charge < -0.3 is 0 Å². The minimum absolute atomic E-state index is 0.120. The van der Waals surface area contributed by atoms with Crippen molar-refractivity contribution in [2.24, 2.45) is 0 Å². The lowest BCUT2D eigenvalue weighted by molar-refractivity contribution is 0.391. The van der Waals surface area contributed by atoms with Crippen LogP contribution in [0.2, 0.25) is 0 Å². The highest BCUT2D eigenvalue weighted by Crippen LogP contribution is 2.41. The van der Waals surface area contributed by atoms with Crippen molar-refractivity contribution in [1.29, 1.82) is 0 Å². The van der Waals surface area contributed by atoms with E-state index in [-0.39, 0.29) is 4.87 Å². The predicted molar refractivity (Wildman–Crippen MR) is 37.0 cm³/mol. The van der Waals surface area contributed by atoms with Crippen LogP contribution >= 0.6 is 11.6 Å². The zero-order valence-electron chi connectivity index (χ0n) is 5.28. The Morgan fingerprint density at radius 2 is 2.25 bits per heavy atom. The van der Waals surface area contributed by atoms with E-state index in [0.717, 1.165) is 6.42 Å². The van der Waals surface area contributed by atoms with E-state index >= 15 is 0 Å². The number of halogens is 1. The maximum Gasteiger partial charge on any atom is 0.0478 e. The molecule has 0 atom stereocenters. The average molecular weight is 132 g/mol. The lowest BCUT2D eigenvalue weighted by atomic mass is 9.81. The largest absolute Gasteiger partial charge is 0.119 e. The molecule has 0 bridgehead atoms. The molecule has 0 aromatic heterocycles. The van der Waals surface area contributed by atoms with Crippen LogP contribution in [0.4, 0.5) is 0 Å². The van der Waals surface area contributed by atoms with Crippen LogP contribution in [0.5, 0.6) is 0 Å². The van der Waals surface area contributed by atoms with E-state index in [1.54, 1.807) is 0 Å². The Hall–Kier alpha value is 0.290. The van der Waals surface area contributed by atoms with Crippen LogP contribution in [-0.4, -0.2) is 4.87 Å². The summed E-state index contributed by atoms with van der Waals surface area (Å²) in [5, 5.41) is 0. The summed E-state index contributed by atoms with van der Waals surface area (Å²) >= 11 is 6.05. The van der Waals surface area contributed by atoms with Gasteiger partial charge in [-0.2, -0.15) is 0 Å². The summed E-state index contributed by atoms with van der Waals surface area (Å²) in [5.74, 6) is 0. The Kier molecular flexibility index (Phi) is 1.81. The van der Waals surface area contributed by atoms with E-state index in [2.05, 4.69) is 13.3 Å². The van der Waals surface area contributed by atoms with Crippen molar-refractivity contribution in [2.45, 2.75) is 37.5 Å². The Balaban J connectivity index is 2.20. The van der Waals surface area contributed by atoms with E-state index in [1.807, 2.05) is 0 Å². The van der Waals surface area contributed by atoms with Gasteiger partial charge >= 0.3 is 0 Å². The van der Waals surface area contributed by atoms with Gasteiger partial charge in [-0.15, -0.1) is 11.6 Å². The summed E-state index contributed by atoms with van der Waals surface area (Å²) < 4.78 is 0. The predicted octanol–water partition coefficient (Wildman–Crippen LogP) is 2.76. The number of hydrogen-bond acceptors (Lipinski definition) is 0. The molecular weight excluding hydrogens is 120 g/mol. The van der Waals surface area contributed by atoms with Gasteiger partial charge in [-0.05, 0) is 25.7 Å². The molecule has 1 rings (SSSR count). The number of alkyl halides is 1. The SMILES string of the molecule is CC[CH]C1(Cl)CCC1. The monoisotopic (exact) mass is 131 g/mol. The summed E-state index contributed by atoms with van der Waals surface area (Å²) in [6, 6.07) is 0. The Morgan fingerprint density at radius 1 is 1.62 bits per heavy atom. The van der Waals surface area contributed by atoms with Gasteiger partial charge in [-0.3, -0.25) is 0 Å². The fourth-order valence-corrected chi connectivity index (χ4v) is 1.51. The molecule has 0 N–H and O–H groups in total. The molecule has 0 heterocycles. The first-order valence-corrected chi connectivity index (χ1v) is 3.68. The van der Waals surface area contributed by atoms with Crippen molar-refractivity contribution in [3.8, 4) is 0 Å². The van der Waals surface area contributed by atoms with Crippen LogP contribution < -0.4 is 0 Å². The molecule has 0 aromatic carbocycles. The highest BCUT2D eigenvalue weighted by atomic mass is 35.5. The smallest absolute Gasteiger partial charge is 0.0478 e. The molecule has 1 aliphatic rings. The van der Waals surface area contributed by atoms with Crippen molar-refractivity contribution in [3.05, 3.63) is 6.42 Å². The molecule has 0 unspecified atom stereocenters. The molecule has 1 aliphatic carbocycles. The van der Waals surface area contributed by atoms with Gasteiger partial charge in [0.15, 0.2) is 0 Å². The van der Waals surface area contributed by atoms with E-state index in [9.17, 15) is 0 Å². The molecule has 0 aromatic rings. The van der Waals surface area contributed by atoms with Crippen molar-refractivity contribution in [3.63, 3.8) is 0 Å². The fraction of sp³-hybridized carbons (Fsp3) is 0.857. The summed E-state index contributed by atoms with van der Waals surface area (Å²) in [6.07, 6.45) is 7.05. The first-order chi connectivity index (χ1) is 3.77. The third kappa shape index (κ3) is 1.17. The highest BCUT2D eigenvalue weighted by Gasteiger charge is 2.33. The van der Waals surface area contributed by atoms with Gasteiger partial charge in [0.25, 0.3) is 0 Å². The van der Waals surface area contributed by atoms with Crippen molar-refractivity contribution in [2.75, 3.05) is 0 Å². The fourth-order valence-electron chi connectivity index (χ4n) is 1.08. The second-order valence-electron chi connectivity index (χ2n) is 2.50. The van der Waals surface area contributed by atoms with Crippen LogP contribution in [-0.2, 0) is 0 Å². The summed E-state index contributed by atoms with van der Waals surface area (Å²) in [7, 11) is 0.